The minimum Gasteiger partial charge on any atom is -0.297 e. The Morgan fingerprint density at radius 1 is 1.04 bits per heavy atom. The van der Waals surface area contributed by atoms with Crippen LogP contribution < -0.4 is 0 Å². The largest absolute Gasteiger partial charge is 0.297 e. The van der Waals surface area contributed by atoms with Gasteiger partial charge < -0.3 is 0 Å². The summed E-state index contributed by atoms with van der Waals surface area (Å²) in [5.41, 5.74) is -0.392. The van der Waals surface area contributed by atoms with Crippen molar-refractivity contribution in [2.45, 2.75) is 44.6 Å². The van der Waals surface area contributed by atoms with E-state index in [0.29, 0.717) is 18.8 Å². The number of carbonyl (C=O) groups is 2. The molecule has 1 saturated carbocycles. The van der Waals surface area contributed by atoms with Crippen molar-refractivity contribution in [1.82, 2.24) is 14.7 Å². The van der Waals surface area contributed by atoms with Crippen molar-refractivity contribution in [3.05, 3.63) is 0 Å². The van der Waals surface area contributed by atoms with Crippen LogP contribution in [0.2, 0.25) is 0 Å². The van der Waals surface area contributed by atoms with E-state index < -0.39 is 15.3 Å². The number of hydrogen-bond acceptors (Lipinski definition) is 6. The Bertz CT molecular complexity index is 663. The summed E-state index contributed by atoms with van der Waals surface area (Å²) in [4.78, 5) is 31.0. The molecule has 0 N–H and O–H groups in total. The van der Waals surface area contributed by atoms with Crippen LogP contribution in [0.3, 0.4) is 0 Å². The highest BCUT2D eigenvalue weighted by Crippen LogP contribution is 2.46. The highest BCUT2D eigenvalue weighted by molar-refractivity contribution is 7.91. The lowest BCUT2D eigenvalue weighted by atomic mass is 9.85. The predicted octanol–water partition coefficient (Wildman–Crippen LogP) is 0.0679. The van der Waals surface area contributed by atoms with E-state index >= 15 is 0 Å². The molecule has 3 saturated heterocycles. The number of likely N-dealkylation sites (tertiary alicyclic amines) is 1. The molecule has 4 rings (SSSR count). The normalized spacial score (nSPS) is 33.0. The average Bonchev–Trinajstić information content (AvgIpc) is 3.24. The molecule has 3 heterocycles. The maximum atomic E-state index is 12.8. The SMILES string of the molecule is O=C1CC2(CCCC2)C(=O)N1CN1CCN(C2CCS(=O)(=O)C2)CC1. The van der Waals surface area contributed by atoms with Crippen molar-refractivity contribution in [1.29, 1.82) is 0 Å². The van der Waals surface area contributed by atoms with E-state index in [1.54, 1.807) is 0 Å². The lowest BCUT2D eigenvalue weighted by Crippen LogP contribution is -2.54. The summed E-state index contributed by atoms with van der Waals surface area (Å²) in [5.74, 6) is 0.602. The lowest BCUT2D eigenvalue weighted by molar-refractivity contribution is -0.144. The summed E-state index contributed by atoms with van der Waals surface area (Å²) < 4.78 is 23.3. The molecule has 1 spiro atoms. The van der Waals surface area contributed by atoms with Gasteiger partial charge in [-0.3, -0.25) is 24.3 Å². The topological polar surface area (TPSA) is 78.0 Å². The van der Waals surface area contributed by atoms with E-state index in [2.05, 4.69) is 9.80 Å². The maximum absolute atomic E-state index is 12.8. The second-order valence-corrected chi connectivity index (χ2v) is 10.4. The Morgan fingerprint density at radius 2 is 1.72 bits per heavy atom. The molecule has 0 radical (unpaired) electrons. The van der Waals surface area contributed by atoms with Crippen LogP contribution in [0.15, 0.2) is 0 Å². The Hall–Kier alpha value is -0.990. The van der Waals surface area contributed by atoms with Crippen LogP contribution in [0.5, 0.6) is 0 Å². The molecular weight excluding hydrogens is 342 g/mol. The van der Waals surface area contributed by atoms with Crippen LogP contribution in [0.25, 0.3) is 0 Å². The second-order valence-electron chi connectivity index (χ2n) is 8.14. The number of carbonyl (C=O) groups excluding carboxylic acids is 2. The standard InChI is InChI=1S/C17H27N3O4S/c21-15-11-17(4-1-2-5-17)16(22)20(15)13-18-6-8-19(9-7-18)14-3-10-25(23,24)12-14/h14H,1-13H2. The Balaban J connectivity index is 1.32. The number of amides is 2. The summed E-state index contributed by atoms with van der Waals surface area (Å²) in [5, 5.41) is 0. The molecule has 0 aromatic rings. The molecule has 4 fully saturated rings. The smallest absolute Gasteiger partial charge is 0.237 e. The maximum Gasteiger partial charge on any atom is 0.237 e. The molecule has 1 aliphatic carbocycles. The zero-order chi connectivity index (χ0) is 17.7. The first kappa shape index (κ1) is 17.4. The van der Waals surface area contributed by atoms with Gasteiger partial charge in [0.05, 0.1) is 23.6 Å². The monoisotopic (exact) mass is 369 g/mol. The summed E-state index contributed by atoms with van der Waals surface area (Å²) in [6.07, 6.45) is 4.95. The van der Waals surface area contributed by atoms with Crippen LogP contribution in [0, 0.1) is 5.41 Å². The third-order valence-corrected chi connectivity index (χ3v) is 8.27. The third kappa shape index (κ3) is 3.24. The van der Waals surface area contributed by atoms with Gasteiger partial charge in [0.1, 0.15) is 0 Å². The van der Waals surface area contributed by atoms with Crippen LogP contribution in [-0.2, 0) is 19.4 Å². The van der Waals surface area contributed by atoms with Crippen molar-refractivity contribution in [3.8, 4) is 0 Å². The average molecular weight is 369 g/mol. The first-order valence-electron chi connectivity index (χ1n) is 9.40. The van der Waals surface area contributed by atoms with Crippen molar-refractivity contribution in [2.24, 2.45) is 5.41 Å². The molecular formula is C17H27N3O4S. The molecule has 0 bridgehead atoms. The van der Waals surface area contributed by atoms with Gasteiger partial charge in [-0.15, -0.1) is 0 Å². The summed E-state index contributed by atoms with van der Waals surface area (Å²) in [7, 11) is -2.86. The van der Waals surface area contributed by atoms with Gasteiger partial charge in [0, 0.05) is 38.6 Å². The molecule has 8 heteroatoms. The highest BCUT2D eigenvalue weighted by Gasteiger charge is 2.52. The Morgan fingerprint density at radius 3 is 2.32 bits per heavy atom. The molecule has 0 aromatic heterocycles. The van der Waals surface area contributed by atoms with Gasteiger partial charge in [-0.05, 0) is 19.3 Å². The van der Waals surface area contributed by atoms with Gasteiger partial charge in [0.25, 0.3) is 0 Å². The minimum absolute atomic E-state index is 0.0174. The van der Waals surface area contributed by atoms with Crippen molar-refractivity contribution < 1.29 is 18.0 Å². The second kappa shape index (κ2) is 6.32. The van der Waals surface area contributed by atoms with Gasteiger partial charge in [0.2, 0.25) is 11.8 Å². The molecule has 7 nitrogen and oxygen atoms in total. The molecule has 140 valence electrons. The summed E-state index contributed by atoms with van der Waals surface area (Å²) in [6.45, 7) is 3.57. The molecule has 1 atom stereocenters. The zero-order valence-electron chi connectivity index (χ0n) is 14.7. The number of rotatable bonds is 3. The fourth-order valence-electron chi connectivity index (χ4n) is 4.98. The van der Waals surface area contributed by atoms with Gasteiger partial charge in [0.15, 0.2) is 9.84 Å². The minimum atomic E-state index is -2.86. The highest BCUT2D eigenvalue weighted by atomic mass is 32.2. The van der Waals surface area contributed by atoms with Gasteiger partial charge in [-0.1, -0.05) is 12.8 Å². The predicted molar refractivity (Wildman–Crippen MR) is 92.4 cm³/mol. The molecule has 3 aliphatic heterocycles. The number of imide groups is 1. The van der Waals surface area contributed by atoms with E-state index in [1.165, 1.54) is 4.90 Å². The molecule has 4 aliphatic rings. The molecule has 0 aromatic carbocycles. The molecule has 2 amide bonds. The van der Waals surface area contributed by atoms with E-state index in [0.717, 1.165) is 58.3 Å². The number of nitrogens with zero attached hydrogens (tertiary/aromatic N) is 3. The Kier molecular flexibility index (Phi) is 4.40. The van der Waals surface area contributed by atoms with Gasteiger partial charge >= 0.3 is 0 Å². The van der Waals surface area contributed by atoms with Crippen molar-refractivity contribution in [2.75, 3.05) is 44.4 Å². The van der Waals surface area contributed by atoms with Crippen LogP contribution in [-0.4, -0.2) is 85.3 Å². The number of hydrogen-bond donors (Lipinski definition) is 0. The fourth-order valence-corrected chi connectivity index (χ4v) is 6.74. The molecule has 1 unspecified atom stereocenters. The van der Waals surface area contributed by atoms with Crippen molar-refractivity contribution in [3.63, 3.8) is 0 Å². The van der Waals surface area contributed by atoms with Crippen LogP contribution >= 0.6 is 0 Å². The van der Waals surface area contributed by atoms with E-state index in [9.17, 15) is 18.0 Å². The Labute approximate surface area is 149 Å². The number of sulfone groups is 1. The van der Waals surface area contributed by atoms with Crippen LogP contribution in [0.1, 0.15) is 38.5 Å². The quantitative estimate of drug-likeness (QED) is 0.655. The molecule has 25 heavy (non-hydrogen) atoms. The van der Waals surface area contributed by atoms with Gasteiger partial charge in [-0.2, -0.15) is 0 Å². The zero-order valence-corrected chi connectivity index (χ0v) is 15.5. The van der Waals surface area contributed by atoms with Gasteiger partial charge in [-0.25, -0.2) is 8.42 Å². The van der Waals surface area contributed by atoms with Crippen molar-refractivity contribution >= 4 is 21.7 Å². The van der Waals surface area contributed by atoms with Crippen LogP contribution in [0.4, 0.5) is 0 Å². The summed E-state index contributed by atoms with van der Waals surface area (Å²) in [6, 6.07) is 0.143. The van der Waals surface area contributed by atoms with E-state index in [4.69, 9.17) is 0 Å². The lowest BCUT2D eigenvalue weighted by Gasteiger charge is -2.38. The van der Waals surface area contributed by atoms with E-state index in [-0.39, 0.29) is 23.6 Å². The summed E-state index contributed by atoms with van der Waals surface area (Å²) >= 11 is 0. The van der Waals surface area contributed by atoms with E-state index in [1.807, 2.05) is 0 Å². The fraction of sp³-hybridized carbons (Fsp3) is 0.882. The first-order chi connectivity index (χ1) is 11.9. The third-order valence-electron chi connectivity index (χ3n) is 6.52. The number of piperazine rings is 1. The first-order valence-corrected chi connectivity index (χ1v) is 11.2.